The summed E-state index contributed by atoms with van der Waals surface area (Å²) in [4.78, 5) is 0. The van der Waals surface area contributed by atoms with E-state index in [0.717, 1.165) is 28.3 Å². The summed E-state index contributed by atoms with van der Waals surface area (Å²) in [6.45, 7) is 0. The summed E-state index contributed by atoms with van der Waals surface area (Å²) in [7, 11) is 1.53. The van der Waals surface area contributed by atoms with Crippen molar-refractivity contribution in [2.24, 2.45) is 5.10 Å². The zero-order valence-electron chi connectivity index (χ0n) is 11.5. The monoisotopic (exact) mass is 302 g/mol. The van der Waals surface area contributed by atoms with Gasteiger partial charge in [0.05, 0.1) is 18.9 Å². The Labute approximate surface area is 128 Å². The highest BCUT2D eigenvalue weighted by Gasteiger charge is 2.21. The van der Waals surface area contributed by atoms with Crippen LogP contribution in [0.25, 0.3) is 0 Å². The van der Waals surface area contributed by atoms with Gasteiger partial charge in [-0.2, -0.15) is 5.10 Å². The topological polar surface area (TPSA) is 53.8 Å². The van der Waals surface area contributed by atoms with Gasteiger partial charge < -0.3 is 15.3 Å². The molecule has 21 heavy (non-hydrogen) atoms. The highest BCUT2D eigenvalue weighted by Crippen LogP contribution is 2.30. The fraction of sp³-hybridized carbons (Fsp3) is 0.188. The number of phenols is 1. The number of hydrazone groups is 1. The van der Waals surface area contributed by atoms with E-state index in [2.05, 4.69) is 10.5 Å². The molecule has 5 heteroatoms. The minimum atomic E-state index is 0.127. The largest absolute Gasteiger partial charge is 0.504 e. The van der Waals surface area contributed by atoms with Crippen LogP contribution in [0.3, 0.4) is 0 Å². The van der Waals surface area contributed by atoms with E-state index in [1.807, 2.05) is 30.3 Å². The highest BCUT2D eigenvalue weighted by atomic mass is 35.5. The van der Waals surface area contributed by atoms with Gasteiger partial charge in [0.25, 0.3) is 0 Å². The molecule has 0 aliphatic carbocycles. The van der Waals surface area contributed by atoms with E-state index in [1.165, 1.54) is 7.11 Å². The molecule has 3 rings (SSSR count). The molecule has 0 fully saturated rings. The van der Waals surface area contributed by atoms with Crippen LogP contribution in [0.4, 0.5) is 0 Å². The van der Waals surface area contributed by atoms with Crippen LogP contribution in [0.5, 0.6) is 11.5 Å². The summed E-state index contributed by atoms with van der Waals surface area (Å²) in [5.41, 5.74) is 6.15. The Hall–Kier alpha value is -2.20. The number of methoxy groups -OCH3 is 1. The van der Waals surface area contributed by atoms with Crippen molar-refractivity contribution in [2.75, 3.05) is 7.11 Å². The predicted molar refractivity (Wildman–Crippen MR) is 83.1 cm³/mol. The lowest BCUT2D eigenvalue weighted by atomic mass is 9.99. The summed E-state index contributed by atoms with van der Waals surface area (Å²) in [6, 6.07) is 13.1. The molecular weight excluding hydrogens is 288 g/mol. The van der Waals surface area contributed by atoms with Gasteiger partial charge in [-0.1, -0.05) is 23.7 Å². The van der Waals surface area contributed by atoms with Gasteiger partial charge in [0.2, 0.25) is 0 Å². The molecule has 0 aromatic heterocycles. The van der Waals surface area contributed by atoms with Crippen molar-refractivity contribution in [1.29, 1.82) is 0 Å². The molecule has 0 radical (unpaired) electrons. The number of ether oxygens (including phenoxy) is 1. The van der Waals surface area contributed by atoms with Gasteiger partial charge in [0.15, 0.2) is 11.5 Å². The maximum atomic E-state index is 9.64. The second-order valence-corrected chi connectivity index (χ2v) is 5.32. The first kappa shape index (κ1) is 13.8. The van der Waals surface area contributed by atoms with Crippen LogP contribution in [0.2, 0.25) is 5.02 Å². The highest BCUT2D eigenvalue weighted by molar-refractivity contribution is 6.30. The molecule has 1 heterocycles. The third-order valence-electron chi connectivity index (χ3n) is 3.54. The molecule has 1 atom stereocenters. The first-order valence-electron chi connectivity index (χ1n) is 6.62. The average Bonchev–Trinajstić information content (AvgIpc) is 2.98. The molecule has 108 valence electrons. The zero-order valence-corrected chi connectivity index (χ0v) is 12.3. The van der Waals surface area contributed by atoms with Crippen molar-refractivity contribution in [1.82, 2.24) is 5.43 Å². The Morgan fingerprint density at radius 3 is 2.71 bits per heavy atom. The molecule has 4 nitrogen and oxygen atoms in total. The van der Waals surface area contributed by atoms with E-state index >= 15 is 0 Å². The predicted octanol–water partition coefficient (Wildman–Crippen LogP) is 3.49. The van der Waals surface area contributed by atoms with Crippen molar-refractivity contribution in [3.63, 3.8) is 0 Å². The van der Waals surface area contributed by atoms with Crippen LogP contribution in [0, 0.1) is 0 Å². The van der Waals surface area contributed by atoms with Crippen molar-refractivity contribution in [3.8, 4) is 11.5 Å². The van der Waals surface area contributed by atoms with E-state index in [4.69, 9.17) is 16.3 Å². The maximum absolute atomic E-state index is 9.64. The number of hydrogen-bond acceptors (Lipinski definition) is 4. The second-order valence-electron chi connectivity index (χ2n) is 4.88. The van der Waals surface area contributed by atoms with Crippen molar-refractivity contribution in [2.45, 2.75) is 12.5 Å². The number of benzene rings is 2. The summed E-state index contributed by atoms with van der Waals surface area (Å²) < 4.78 is 5.13. The Bertz CT molecular complexity index is 683. The van der Waals surface area contributed by atoms with Crippen LogP contribution < -0.4 is 10.2 Å². The Morgan fingerprint density at radius 1 is 1.24 bits per heavy atom. The summed E-state index contributed by atoms with van der Waals surface area (Å²) >= 11 is 5.90. The van der Waals surface area contributed by atoms with Gasteiger partial charge >= 0.3 is 0 Å². The van der Waals surface area contributed by atoms with Gasteiger partial charge in [-0.25, -0.2) is 0 Å². The van der Waals surface area contributed by atoms with Gasteiger partial charge in [-0.05, 0) is 35.9 Å². The molecule has 0 spiro atoms. The standard InChI is InChI=1S/C16H15ClN2O2/c1-21-16-8-11(4-7-15(16)20)14-9-13(18-19-14)10-2-5-12(17)6-3-10/h2-8,13,18,20H,9H2,1H3. The normalized spacial score (nSPS) is 17.2. The number of phenolic OH excluding ortho intramolecular Hbond substituents is 1. The summed E-state index contributed by atoms with van der Waals surface area (Å²) in [5, 5.41) is 14.8. The van der Waals surface area contributed by atoms with Gasteiger partial charge in [-0.15, -0.1) is 0 Å². The Morgan fingerprint density at radius 2 is 2.00 bits per heavy atom. The summed E-state index contributed by atoms with van der Waals surface area (Å²) in [5.74, 6) is 0.576. The first-order valence-corrected chi connectivity index (χ1v) is 7.00. The van der Waals surface area contributed by atoms with Crippen molar-refractivity contribution in [3.05, 3.63) is 58.6 Å². The molecule has 1 aliphatic rings. The fourth-order valence-electron chi connectivity index (χ4n) is 2.37. The molecule has 0 saturated carbocycles. The van der Waals surface area contributed by atoms with Crippen molar-refractivity contribution < 1.29 is 9.84 Å². The smallest absolute Gasteiger partial charge is 0.161 e. The summed E-state index contributed by atoms with van der Waals surface area (Å²) in [6.07, 6.45) is 0.773. The molecular formula is C16H15ClN2O2. The van der Waals surface area contributed by atoms with Crippen LogP contribution >= 0.6 is 11.6 Å². The molecule has 0 bridgehead atoms. The van der Waals surface area contributed by atoms with Crippen molar-refractivity contribution >= 4 is 17.3 Å². The van der Waals surface area contributed by atoms with E-state index in [-0.39, 0.29) is 11.8 Å². The number of halogens is 1. The minimum Gasteiger partial charge on any atom is -0.504 e. The van der Waals surface area contributed by atoms with Crippen LogP contribution in [-0.4, -0.2) is 17.9 Å². The third-order valence-corrected chi connectivity index (χ3v) is 3.79. The zero-order chi connectivity index (χ0) is 14.8. The molecule has 1 unspecified atom stereocenters. The molecule has 0 amide bonds. The van der Waals surface area contributed by atoms with Gasteiger partial charge in [0.1, 0.15) is 0 Å². The maximum Gasteiger partial charge on any atom is 0.161 e. The third kappa shape index (κ3) is 2.81. The lowest BCUT2D eigenvalue weighted by Crippen LogP contribution is -2.09. The SMILES string of the molecule is COc1cc(C2=NNC(c3ccc(Cl)cc3)C2)ccc1O. The van der Waals surface area contributed by atoms with Gasteiger partial charge in [0, 0.05) is 17.0 Å². The number of nitrogens with one attached hydrogen (secondary N) is 1. The number of aromatic hydroxyl groups is 1. The van der Waals surface area contributed by atoms with Crippen LogP contribution in [0.1, 0.15) is 23.6 Å². The second kappa shape index (κ2) is 5.66. The van der Waals surface area contributed by atoms with Gasteiger partial charge in [-0.3, -0.25) is 0 Å². The Balaban J connectivity index is 1.79. The lowest BCUT2D eigenvalue weighted by Gasteiger charge is -2.10. The van der Waals surface area contributed by atoms with E-state index in [9.17, 15) is 5.11 Å². The molecule has 2 aromatic carbocycles. The molecule has 0 saturated heterocycles. The number of rotatable bonds is 3. The van der Waals surface area contributed by atoms with E-state index < -0.39 is 0 Å². The molecule has 2 N–H and O–H groups in total. The first-order chi connectivity index (χ1) is 10.2. The van der Waals surface area contributed by atoms with Crippen LogP contribution in [0.15, 0.2) is 47.6 Å². The van der Waals surface area contributed by atoms with E-state index in [1.54, 1.807) is 12.1 Å². The van der Waals surface area contributed by atoms with Crippen LogP contribution in [-0.2, 0) is 0 Å². The quantitative estimate of drug-likeness (QED) is 0.912. The lowest BCUT2D eigenvalue weighted by molar-refractivity contribution is 0.373. The number of hydrogen-bond donors (Lipinski definition) is 2. The molecule has 2 aromatic rings. The average molecular weight is 303 g/mol. The fourth-order valence-corrected chi connectivity index (χ4v) is 2.49. The minimum absolute atomic E-state index is 0.127. The van der Waals surface area contributed by atoms with E-state index in [0.29, 0.717) is 5.75 Å². The Kier molecular flexibility index (Phi) is 3.71. The number of nitrogens with zero attached hydrogens (tertiary/aromatic N) is 1. The molecule has 1 aliphatic heterocycles.